The molecule has 14 heteroatoms. The summed E-state index contributed by atoms with van der Waals surface area (Å²) >= 11 is 2.14. The van der Waals surface area contributed by atoms with E-state index in [2.05, 4.69) is 38.1 Å². The predicted octanol–water partition coefficient (Wildman–Crippen LogP) is 2.96. The maximum absolute atomic E-state index is 13.4. The fourth-order valence-electron chi connectivity index (χ4n) is 4.43. The summed E-state index contributed by atoms with van der Waals surface area (Å²) in [5, 5.41) is 13.8. The van der Waals surface area contributed by atoms with E-state index in [1.54, 1.807) is 30.3 Å². The zero-order valence-corrected chi connectivity index (χ0v) is 23.7. The van der Waals surface area contributed by atoms with Gasteiger partial charge in [0.05, 0.1) is 37.2 Å². The molecule has 10 nitrogen and oxygen atoms in total. The number of urea groups is 1. The molecular weight excluding hydrogens is 635 g/mol. The normalized spacial score (nSPS) is 23.4. The number of carbonyl (C=O) groups is 1. The van der Waals surface area contributed by atoms with E-state index in [0.29, 0.717) is 54.8 Å². The Morgan fingerprint density at radius 2 is 2.03 bits per heavy atom. The Morgan fingerprint density at radius 1 is 1.32 bits per heavy atom. The van der Waals surface area contributed by atoms with Crippen molar-refractivity contribution in [3.63, 3.8) is 0 Å². The molecule has 1 saturated heterocycles. The lowest BCUT2D eigenvalue weighted by Crippen LogP contribution is -2.44. The average Bonchev–Trinajstić information content (AvgIpc) is 3.60. The molecule has 2 heterocycles. The van der Waals surface area contributed by atoms with E-state index >= 15 is 0 Å². The van der Waals surface area contributed by atoms with E-state index < -0.39 is 33.6 Å². The standard InChI is InChI=1S/C24H30F2IN5O5S/c1-15-14-37-9-7-32(15)21-11-19(24(12-18(24)27)38(35,36)10-2-8-33)30-22(31-21)16-3-5-17(6-4-16)29-23(34)28-13-20(25)26/h3-6,11,15,18,20,33H,2,7-10,12-14H2,1H3,(H2,28,29,34)/t15-,18?,24?/m0/s1. The third-order valence-electron chi connectivity index (χ3n) is 6.58. The number of aliphatic hydroxyl groups excluding tert-OH is 1. The average molecular weight is 666 g/mol. The highest BCUT2D eigenvalue weighted by atomic mass is 127. The van der Waals surface area contributed by atoms with Crippen LogP contribution in [0, 0.1) is 0 Å². The molecule has 0 spiro atoms. The lowest BCUT2D eigenvalue weighted by molar-refractivity contribution is 0.0985. The predicted molar refractivity (Wildman–Crippen MR) is 148 cm³/mol. The summed E-state index contributed by atoms with van der Waals surface area (Å²) in [5.41, 5.74) is 1.40. The molecule has 2 unspecified atom stereocenters. The summed E-state index contributed by atoms with van der Waals surface area (Å²) in [6.45, 7) is 2.65. The van der Waals surface area contributed by atoms with Crippen LogP contribution in [0.3, 0.4) is 0 Å². The number of nitrogens with zero attached hydrogens (tertiary/aromatic N) is 3. The van der Waals surface area contributed by atoms with Crippen LogP contribution in [0.25, 0.3) is 11.4 Å². The van der Waals surface area contributed by atoms with Crippen molar-refractivity contribution in [2.45, 2.75) is 40.9 Å². The quantitative estimate of drug-likeness (QED) is 0.261. The van der Waals surface area contributed by atoms with Gasteiger partial charge in [0.15, 0.2) is 15.7 Å². The molecule has 4 rings (SSSR count). The summed E-state index contributed by atoms with van der Waals surface area (Å²) in [6.07, 6.45) is -2.08. The first-order valence-electron chi connectivity index (χ1n) is 12.2. The van der Waals surface area contributed by atoms with Gasteiger partial charge in [-0.05, 0) is 44.0 Å². The SMILES string of the molecule is C[C@H]1COCCN1c1cc(C2(S(=O)(=O)CCCO)CC2I)nc(-c2ccc(NC(=O)NCC(F)F)cc2)n1. The third kappa shape index (κ3) is 6.18. The minimum absolute atomic E-state index is 0.0224. The van der Waals surface area contributed by atoms with Crippen LogP contribution in [0.2, 0.25) is 0 Å². The fraction of sp³-hybridized carbons (Fsp3) is 0.542. The first kappa shape index (κ1) is 28.8. The third-order valence-corrected chi connectivity index (χ3v) is 11.1. The number of aromatic nitrogens is 2. The Kier molecular flexibility index (Phi) is 9.04. The molecule has 1 aliphatic carbocycles. The van der Waals surface area contributed by atoms with Crippen LogP contribution in [0.5, 0.6) is 0 Å². The minimum atomic E-state index is -3.61. The Hall–Kier alpha value is -2.17. The molecule has 2 amide bonds. The minimum Gasteiger partial charge on any atom is -0.396 e. The van der Waals surface area contributed by atoms with Crippen molar-refractivity contribution >= 4 is 50.0 Å². The number of amides is 2. The van der Waals surface area contributed by atoms with Gasteiger partial charge in [-0.2, -0.15) is 0 Å². The van der Waals surface area contributed by atoms with Gasteiger partial charge in [0.1, 0.15) is 10.6 Å². The van der Waals surface area contributed by atoms with E-state index in [1.165, 1.54) is 0 Å². The maximum atomic E-state index is 13.4. The highest BCUT2D eigenvalue weighted by Gasteiger charge is 2.64. The summed E-state index contributed by atoms with van der Waals surface area (Å²) in [7, 11) is -3.61. The molecule has 3 N–H and O–H groups in total. The maximum Gasteiger partial charge on any atom is 0.319 e. The van der Waals surface area contributed by atoms with E-state index in [4.69, 9.17) is 14.7 Å². The van der Waals surface area contributed by atoms with Gasteiger partial charge in [-0.1, -0.05) is 22.6 Å². The number of hydrogen-bond donors (Lipinski definition) is 3. The van der Waals surface area contributed by atoms with E-state index in [1.807, 2.05) is 6.92 Å². The number of nitrogens with one attached hydrogen (secondary N) is 2. The lowest BCUT2D eigenvalue weighted by atomic mass is 10.1. The highest BCUT2D eigenvalue weighted by Crippen LogP contribution is 2.58. The Labute approximate surface area is 233 Å². The molecule has 0 bridgehead atoms. The Bertz CT molecular complexity index is 1250. The number of morpholine rings is 1. The van der Waals surface area contributed by atoms with Crippen molar-refractivity contribution in [1.82, 2.24) is 15.3 Å². The van der Waals surface area contributed by atoms with Gasteiger partial charge < -0.3 is 25.4 Å². The number of anilines is 2. The first-order chi connectivity index (χ1) is 18.1. The first-order valence-corrected chi connectivity index (χ1v) is 15.1. The molecule has 208 valence electrons. The zero-order chi connectivity index (χ0) is 27.5. The number of carbonyl (C=O) groups excluding carboxylic acids is 1. The smallest absolute Gasteiger partial charge is 0.319 e. The molecule has 2 fully saturated rings. The summed E-state index contributed by atoms with van der Waals surface area (Å²) in [4.78, 5) is 23.4. The zero-order valence-electron chi connectivity index (χ0n) is 20.7. The van der Waals surface area contributed by atoms with Crippen LogP contribution < -0.4 is 15.5 Å². The van der Waals surface area contributed by atoms with E-state index in [0.717, 1.165) is 0 Å². The topological polar surface area (TPSA) is 134 Å². The van der Waals surface area contributed by atoms with Crippen LogP contribution in [-0.4, -0.2) is 84.6 Å². The van der Waals surface area contributed by atoms with Crippen molar-refractivity contribution in [3.8, 4) is 11.4 Å². The molecular formula is C24H30F2IN5O5S. The van der Waals surface area contributed by atoms with Crippen LogP contribution in [0.4, 0.5) is 25.1 Å². The van der Waals surface area contributed by atoms with Gasteiger partial charge in [0.25, 0.3) is 6.43 Å². The van der Waals surface area contributed by atoms with Gasteiger partial charge >= 0.3 is 6.03 Å². The summed E-state index contributed by atoms with van der Waals surface area (Å²) in [5.74, 6) is 0.790. The van der Waals surface area contributed by atoms with Crippen molar-refractivity contribution in [2.75, 3.05) is 48.9 Å². The molecule has 2 aromatic rings. The summed E-state index contributed by atoms with van der Waals surface area (Å²) < 4.78 is 55.7. The number of halogens is 3. The van der Waals surface area contributed by atoms with Crippen LogP contribution in [-0.2, 0) is 19.3 Å². The lowest BCUT2D eigenvalue weighted by Gasteiger charge is -2.35. The van der Waals surface area contributed by atoms with Crippen molar-refractivity contribution in [1.29, 1.82) is 0 Å². The number of aliphatic hydroxyl groups is 1. The Balaban J connectivity index is 1.69. The largest absolute Gasteiger partial charge is 0.396 e. The number of rotatable bonds is 10. The molecule has 1 saturated carbocycles. The number of sulfone groups is 1. The molecule has 2 aliphatic rings. The van der Waals surface area contributed by atoms with Crippen LogP contribution in [0.15, 0.2) is 30.3 Å². The number of hydrogen-bond acceptors (Lipinski definition) is 8. The van der Waals surface area contributed by atoms with E-state index in [-0.39, 0.29) is 28.7 Å². The summed E-state index contributed by atoms with van der Waals surface area (Å²) in [6, 6.07) is 7.56. The molecule has 0 radical (unpaired) electrons. The van der Waals surface area contributed by atoms with Crippen LogP contribution >= 0.6 is 22.6 Å². The van der Waals surface area contributed by atoms with Gasteiger partial charge in [-0.25, -0.2) is 32.0 Å². The van der Waals surface area contributed by atoms with Gasteiger partial charge in [0.2, 0.25) is 0 Å². The number of ether oxygens (including phenoxy) is 1. The highest BCUT2D eigenvalue weighted by molar-refractivity contribution is 14.1. The Morgan fingerprint density at radius 3 is 2.63 bits per heavy atom. The molecule has 38 heavy (non-hydrogen) atoms. The molecule has 1 aromatic carbocycles. The van der Waals surface area contributed by atoms with Gasteiger partial charge in [-0.15, -0.1) is 0 Å². The monoisotopic (exact) mass is 665 g/mol. The second kappa shape index (κ2) is 11.9. The fourth-order valence-corrected chi connectivity index (χ4v) is 9.01. The number of benzene rings is 1. The van der Waals surface area contributed by atoms with Crippen molar-refractivity contribution in [2.24, 2.45) is 0 Å². The molecule has 1 aromatic heterocycles. The van der Waals surface area contributed by atoms with Gasteiger partial charge in [0, 0.05) is 34.4 Å². The second-order valence-electron chi connectivity index (χ2n) is 9.31. The van der Waals surface area contributed by atoms with Crippen LogP contribution in [0.1, 0.15) is 25.5 Å². The number of alkyl halides is 3. The van der Waals surface area contributed by atoms with E-state index in [9.17, 15) is 27.1 Å². The second-order valence-corrected chi connectivity index (χ2v) is 13.2. The molecule has 3 atom stereocenters. The molecule has 1 aliphatic heterocycles. The van der Waals surface area contributed by atoms with Crippen molar-refractivity contribution < 1.29 is 31.8 Å². The van der Waals surface area contributed by atoms with Crippen molar-refractivity contribution in [3.05, 3.63) is 36.0 Å². The van der Waals surface area contributed by atoms with Gasteiger partial charge in [-0.3, -0.25) is 0 Å².